The second kappa shape index (κ2) is 4.41. The monoisotopic (exact) mass is 83.1 g/mol. The molecule has 0 aliphatic carbocycles. The highest BCUT2D eigenvalue weighted by Gasteiger charge is 1.55. The maximum atomic E-state index is 3.73. The number of nitrogens with zero attached hydrogens (tertiary/aromatic N) is 1. The fourth-order valence-electron chi connectivity index (χ4n) is 0.180. The maximum absolute atomic E-state index is 3.73. The molecule has 0 amide bonds. The highest BCUT2D eigenvalue weighted by Crippen LogP contribution is 1.67. The minimum Gasteiger partial charge on any atom is -0.270 e. The molecular formula is C5H9N. The molecule has 0 atom stereocenters. The number of rotatable bonds is 2. The highest BCUT2D eigenvalue weighted by molar-refractivity contribution is 5.57. The van der Waals surface area contributed by atoms with Crippen molar-refractivity contribution in [1.82, 2.24) is 0 Å². The van der Waals surface area contributed by atoms with Crippen LogP contribution in [0.15, 0.2) is 17.8 Å². The molecule has 6 heavy (non-hydrogen) atoms. The van der Waals surface area contributed by atoms with Crippen molar-refractivity contribution >= 4 is 6.21 Å². The van der Waals surface area contributed by atoms with Gasteiger partial charge in [0.15, 0.2) is 0 Å². The first-order valence-corrected chi connectivity index (χ1v) is 2.04. The minimum absolute atomic E-state index is 0.992. The summed E-state index contributed by atoms with van der Waals surface area (Å²) in [4.78, 5) is 3.73. The lowest BCUT2D eigenvalue weighted by Gasteiger charge is -1.68. The zero-order valence-electron chi connectivity index (χ0n) is 4.02. The summed E-state index contributed by atoms with van der Waals surface area (Å²) in [5, 5.41) is 0. The molecule has 0 N–H and O–H groups in total. The molecule has 0 unspecified atom stereocenters. The van der Waals surface area contributed by atoms with E-state index in [4.69, 9.17) is 0 Å². The molecule has 0 aromatic heterocycles. The van der Waals surface area contributed by atoms with Crippen molar-refractivity contribution in [3.8, 4) is 0 Å². The Kier molecular flexibility index (Phi) is 3.98. The Hall–Kier alpha value is -0.590. The van der Waals surface area contributed by atoms with Crippen molar-refractivity contribution < 1.29 is 0 Å². The Labute approximate surface area is 38.4 Å². The Balaban J connectivity index is 2.94. The van der Waals surface area contributed by atoms with E-state index < -0.39 is 0 Å². The summed E-state index contributed by atoms with van der Waals surface area (Å²) >= 11 is 0. The molecule has 0 spiro atoms. The van der Waals surface area contributed by atoms with Gasteiger partial charge in [-0.25, -0.2) is 0 Å². The number of aliphatic imine (C=N–C) groups is 1. The highest BCUT2D eigenvalue weighted by atomic mass is 14.6. The van der Waals surface area contributed by atoms with E-state index >= 15 is 0 Å². The van der Waals surface area contributed by atoms with Crippen LogP contribution in [0.4, 0.5) is 0 Å². The molecule has 0 aromatic carbocycles. The molecule has 0 saturated heterocycles. The van der Waals surface area contributed by atoms with Crippen LogP contribution in [0.25, 0.3) is 0 Å². The molecule has 0 aromatic rings. The van der Waals surface area contributed by atoms with E-state index in [2.05, 4.69) is 11.6 Å². The summed E-state index contributed by atoms with van der Waals surface area (Å²) in [5.41, 5.74) is 0. The maximum Gasteiger partial charge on any atom is 0.0191 e. The van der Waals surface area contributed by atoms with E-state index in [0.717, 1.165) is 6.42 Å². The Morgan fingerprint density at radius 3 is 2.67 bits per heavy atom. The summed E-state index contributed by atoms with van der Waals surface area (Å²) in [5.74, 6) is 0. The molecule has 1 nitrogen and oxygen atoms in total. The topological polar surface area (TPSA) is 12.4 Å². The van der Waals surface area contributed by atoms with E-state index in [1.807, 2.05) is 13.1 Å². The van der Waals surface area contributed by atoms with E-state index in [1.54, 1.807) is 0 Å². The van der Waals surface area contributed by atoms with Crippen molar-refractivity contribution in [2.24, 2.45) is 4.99 Å². The van der Waals surface area contributed by atoms with Gasteiger partial charge in [0.25, 0.3) is 0 Å². The number of hydrogen-bond acceptors (Lipinski definition) is 1. The van der Waals surface area contributed by atoms with Crippen LogP contribution in [0.3, 0.4) is 0 Å². The molecule has 0 aliphatic rings. The van der Waals surface area contributed by atoms with E-state index in [-0.39, 0.29) is 0 Å². The molecular weight excluding hydrogens is 74.1 g/mol. The molecule has 0 fully saturated rings. The lowest BCUT2D eigenvalue weighted by molar-refractivity contribution is 1.31. The van der Waals surface area contributed by atoms with Gasteiger partial charge in [0.05, 0.1) is 0 Å². The van der Waals surface area contributed by atoms with Gasteiger partial charge in [-0.2, -0.15) is 0 Å². The van der Waals surface area contributed by atoms with Crippen LogP contribution >= 0.6 is 0 Å². The van der Waals surface area contributed by atoms with Gasteiger partial charge in [0.2, 0.25) is 0 Å². The van der Waals surface area contributed by atoms with Crippen LogP contribution in [0.1, 0.15) is 13.3 Å². The van der Waals surface area contributed by atoms with Crippen LogP contribution in [-0.4, -0.2) is 6.21 Å². The molecule has 0 radical (unpaired) electrons. The minimum atomic E-state index is 0.992. The first-order chi connectivity index (χ1) is 2.91. The zero-order valence-corrected chi connectivity index (χ0v) is 4.02. The van der Waals surface area contributed by atoms with Gasteiger partial charge in [-0.05, 0) is 6.42 Å². The lowest BCUT2D eigenvalue weighted by Crippen LogP contribution is -1.59. The molecule has 0 bridgehead atoms. The van der Waals surface area contributed by atoms with Crippen molar-refractivity contribution in [3.63, 3.8) is 0 Å². The van der Waals surface area contributed by atoms with Crippen LogP contribution in [-0.2, 0) is 0 Å². The molecule has 0 heterocycles. The van der Waals surface area contributed by atoms with E-state index in [9.17, 15) is 0 Å². The largest absolute Gasteiger partial charge is 0.270 e. The van der Waals surface area contributed by atoms with Gasteiger partial charge < -0.3 is 0 Å². The van der Waals surface area contributed by atoms with E-state index in [1.165, 1.54) is 6.20 Å². The average molecular weight is 83.1 g/mol. The molecule has 0 aliphatic heterocycles. The van der Waals surface area contributed by atoms with Crippen molar-refractivity contribution in [1.29, 1.82) is 0 Å². The summed E-state index contributed by atoms with van der Waals surface area (Å²) < 4.78 is 0. The van der Waals surface area contributed by atoms with Crippen LogP contribution in [0.5, 0.6) is 0 Å². The van der Waals surface area contributed by atoms with Crippen molar-refractivity contribution in [2.45, 2.75) is 13.3 Å². The SMILES string of the molecule is C=C/N=C/CC. The van der Waals surface area contributed by atoms with Gasteiger partial charge in [0, 0.05) is 12.4 Å². The van der Waals surface area contributed by atoms with E-state index in [0.29, 0.717) is 0 Å². The van der Waals surface area contributed by atoms with Crippen molar-refractivity contribution in [2.75, 3.05) is 0 Å². The predicted octanol–water partition coefficient (Wildman–Crippen LogP) is 1.61. The van der Waals surface area contributed by atoms with Gasteiger partial charge in [-0.1, -0.05) is 13.5 Å². The van der Waals surface area contributed by atoms with Gasteiger partial charge in [-0.15, -0.1) is 0 Å². The average Bonchev–Trinajstić information content (AvgIpc) is 1.61. The predicted molar refractivity (Wildman–Crippen MR) is 29.0 cm³/mol. The van der Waals surface area contributed by atoms with Gasteiger partial charge in [-0.3, -0.25) is 4.99 Å². The third-order valence-electron chi connectivity index (χ3n) is 0.393. The Bertz CT molecular complexity index is 55.0. The standard InChI is InChI=1S/C5H9N/c1-3-5-6-4-2/h4-5H,2-3H2,1H3/b6-5+. The summed E-state index contributed by atoms with van der Waals surface area (Å²) in [6.07, 6.45) is 4.34. The second-order valence-corrected chi connectivity index (χ2v) is 0.922. The fraction of sp³-hybridized carbons (Fsp3) is 0.400. The summed E-state index contributed by atoms with van der Waals surface area (Å²) in [7, 11) is 0. The fourth-order valence-corrected chi connectivity index (χ4v) is 0.180. The zero-order chi connectivity index (χ0) is 4.83. The quantitative estimate of drug-likeness (QED) is 0.450. The Morgan fingerprint density at radius 1 is 1.83 bits per heavy atom. The molecule has 0 rings (SSSR count). The smallest absolute Gasteiger partial charge is 0.0191 e. The van der Waals surface area contributed by atoms with Crippen LogP contribution in [0, 0.1) is 0 Å². The van der Waals surface area contributed by atoms with Gasteiger partial charge >= 0.3 is 0 Å². The normalized spacial score (nSPS) is 9.50. The third kappa shape index (κ3) is 3.41. The number of hydrogen-bond donors (Lipinski definition) is 0. The molecule has 1 heteroatoms. The third-order valence-corrected chi connectivity index (χ3v) is 0.393. The first-order valence-electron chi connectivity index (χ1n) is 2.04. The lowest BCUT2D eigenvalue weighted by atomic mass is 10.5. The Morgan fingerprint density at radius 2 is 2.50 bits per heavy atom. The van der Waals surface area contributed by atoms with Gasteiger partial charge in [0.1, 0.15) is 0 Å². The summed E-state index contributed by atoms with van der Waals surface area (Å²) in [6, 6.07) is 0. The second-order valence-electron chi connectivity index (χ2n) is 0.922. The van der Waals surface area contributed by atoms with Crippen LogP contribution < -0.4 is 0 Å². The summed E-state index contributed by atoms with van der Waals surface area (Å²) in [6.45, 7) is 5.44. The molecule has 0 saturated carbocycles. The van der Waals surface area contributed by atoms with Crippen LogP contribution in [0.2, 0.25) is 0 Å². The first kappa shape index (κ1) is 5.41. The van der Waals surface area contributed by atoms with Crippen molar-refractivity contribution in [3.05, 3.63) is 12.8 Å². The molecule has 34 valence electrons.